The molecule has 0 spiro atoms. The Hall–Kier alpha value is -2.49. The predicted molar refractivity (Wildman–Crippen MR) is 67.5 cm³/mol. The summed E-state index contributed by atoms with van der Waals surface area (Å²) < 4.78 is 5.14. The summed E-state index contributed by atoms with van der Waals surface area (Å²) in [6.07, 6.45) is 6.95. The lowest BCUT2D eigenvalue weighted by Crippen LogP contribution is -2.20. The molecule has 0 fully saturated rings. The van der Waals surface area contributed by atoms with E-state index in [-0.39, 0.29) is 12.4 Å². The van der Waals surface area contributed by atoms with E-state index in [4.69, 9.17) is 4.74 Å². The zero-order valence-corrected chi connectivity index (χ0v) is 9.69. The summed E-state index contributed by atoms with van der Waals surface area (Å²) >= 11 is 0. The van der Waals surface area contributed by atoms with Gasteiger partial charge in [-0.15, -0.1) is 0 Å². The van der Waals surface area contributed by atoms with Crippen molar-refractivity contribution < 1.29 is 14.6 Å². The van der Waals surface area contributed by atoms with E-state index in [9.17, 15) is 9.90 Å². The molecule has 1 aromatic rings. The third kappa shape index (κ3) is 3.25. The van der Waals surface area contributed by atoms with E-state index in [1.807, 2.05) is 30.3 Å². The largest absolute Gasteiger partial charge is 0.508 e. The van der Waals surface area contributed by atoms with Crippen molar-refractivity contribution in [3.8, 4) is 0 Å². The molecule has 0 aliphatic carbocycles. The Morgan fingerprint density at radius 1 is 1.22 bits per heavy atom. The maximum atomic E-state index is 11.7. The van der Waals surface area contributed by atoms with E-state index >= 15 is 0 Å². The first-order valence-corrected chi connectivity index (χ1v) is 5.50. The lowest BCUT2D eigenvalue weighted by atomic mass is 10.2. The minimum Gasteiger partial charge on any atom is -0.508 e. The fourth-order valence-corrected chi connectivity index (χ4v) is 1.41. The van der Waals surface area contributed by atoms with Gasteiger partial charge in [0, 0.05) is 12.4 Å². The molecule has 0 aromatic heterocycles. The number of ether oxygens (including phenoxy) is 1. The fourth-order valence-electron chi connectivity index (χ4n) is 1.41. The van der Waals surface area contributed by atoms with Crippen LogP contribution in [-0.2, 0) is 11.3 Å². The van der Waals surface area contributed by atoms with Gasteiger partial charge < -0.3 is 9.84 Å². The third-order valence-electron chi connectivity index (χ3n) is 2.34. The quantitative estimate of drug-likeness (QED) is 0.868. The molecule has 0 bridgehead atoms. The van der Waals surface area contributed by atoms with Crippen LogP contribution < -0.4 is 0 Å². The minimum absolute atomic E-state index is 0.0876. The number of hydrogen-bond donors (Lipinski definition) is 1. The second-order valence-corrected chi connectivity index (χ2v) is 3.70. The fraction of sp³-hybridized carbons (Fsp3) is 0.0714. The second kappa shape index (κ2) is 5.72. The van der Waals surface area contributed by atoms with Crippen LogP contribution in [0.3, 0.4) is 0 Å². The van der Waals surface area contributed by atoms with Crippen LogP contribution in [0.15, 0.2) is 66.7 Å². The van der Waals surface area contributed by atoms with Crippen LogP contribution in [0.4, 0.5) is 4.79 Å². The number of hydrogen-bond acceptors (Lipinski definition) is 3. The predicted octanol–water partition coefficient (Wildman–Crippen LogP) is 3.11. The molecule has 0 radical (unpaired) electrons. The van der Waals surface area contributed by atoms with Crippen molar-refractivity contribution in [3.63, 3.8) is 0 Å². The van der Waals surface area contributed by atoms with E-state index in [1.165, 1.54) is 29.5 Å². The van der Waals surface area contributed by atoms with Gasteiger partial charge in [0.2, 0.25) is 0 Å². The number of amides is 1. The number of rotatable bonds is 2. The Morgan fingerprint density at radius 2 is 2.00 bits per heavy atom. The van der Waals surface area contributed by atoms with Crippen LogP contribution in [-0.4, -0.2) is 16.1 Å². The van der Waals surface area contributed by atoms with Crippen LogP contribution in [0.1, 0.15) is 5.56 Å². The van der Waals surface area contributed by atoms with E-state index in [0.29, 0.717) is 0 Å². The molecule has 18 heavy (non-hydrogen) atoms. The SMILES string of the molecule is O=C(OCc1ccccc1)N1C=CC=C(O)C=C1. The third-order valence-corrected chi connectivity index (χ3v) is 2.34. The normalized spacial score (nSPS) is 14.0. The van der Waals surface area contributed by atoms with Gasteiger partial charge in [-0.05, 0) is 23.8 Å². The first-order chi connectivity index (χ1) is 8.75. The van der Waals surface area contributed by atoms with Gasteiger partial charge in [-0.3, -0.25) is 4.90 Å². The highest BCUT2D eigenvalue weighted by molar-refractivity contribution is 5.70. The molecule has 1 aliphatic heterocycles. The lowest BCUT2D eigenvalue weighted by Gasteiger charge is -2.12. The van der Waals surface area contributed by atoms with Crippen LogP contribution in [0.25, 0.3) is 0 Å². The van der Waals surface area contributed by atoms with Crippen LogP contribution in [0.5, 0.6) is 0 Å². The Balaban J connectivity index is 1.91. The topological polar surface area (TPSA) is 49.8 Å². The summed E-state index contributed by atoms with van der Waals surface area (Å²) in [7, 11) is 0. The number of benzene rings is 1. The van der Waals surface area contributed by atoms with Crippen molar-refractivity contribution >= 4 is 6.09 Å². The van der Waals surface area contributed by atoms with Crippen LogP contribution in [0, 0.1) is 0 Å². The molecule has 92 valence electrons. The zero-order chi connectivity index (χ0) is 12.8. The number of allylic oxidation sites excluding steroid dienone is 3. The summed E-state index contributed by atoms with van der Waals surface area (Å²) in [4.78, 5) is 13.0. The summed E-state index contributed by atoms with van der Waals surface area (Å²) in [5.41, 5.74) is 0.926. The van der Waals surface area contributed by atoms with E-state index in [0.717, 1.165) is 5.56 Å². The molecular weight excluding hydrogens is 230 g/mol. The van der Waals surface area contributed by atoms with Crippen molar-refractivity contribution in [2.45, 2.75) is 6.61 Å². The highest BCUT2D eigenvalue weighted by atomic mass is 16.6. The Bertz CT molecular complexity index is 503. The molecule has 4 heteroatoms. The maximum absolute atomic E-state index is 11.7. The van der Waals surface area contributed by atoms with Crippen LogP contribution >= 0.6 is 0 Å². The molecule has 0 atom stereocenters. The van der Waals surface area contributed by atoms with Gasteiger partial charge in [0.05, 0.1) is 0 Å². The number of aliphatic hydroxyl groups excluding tert-OH is 1. The van der Waals surface area contributed by atoms with Crippen molar-refractivity contribution in [1.82, 2.24) is 4.90 Å². The molecule has 1 amide bonds. The molecular formula is C14H13NO3. The van der Waals surface area contributed by atoms with E-state index in [2.05, 4.69) is 0 Å². The van der Waals surface area contributed by atoms with Gasteiger partial charge in [0.25, 0.3) is 0 Å². The number of carbonyl (C=O) groups is 1. The first-order valence-electron chi connectivity index (χ1n) is 5.50. The second-order valence-electron chi connectivity index (χ2n) is 3.70. The standard InChI is InChI=1S/C14H13NO3/c16-13-7-4-9-15(10-8-13)14(17)18-11-12-5-2-1-3-6-12/h1-10,16H,11H2. The molecule has 0 saturated heterocycles. The van der Waals surface area contributed by atoms with Gasteiger partial charge in [0.1, 0.15) is 12.4 Å². The average molecular weight is 243 g/mol. The number of carbonyl (C=O) groups excluding carboxylic acids is 1. The monoisotopic (exact) mass is 243 g/mol. The highest BCUT2D eigenvalue weighted by Crippen LogP contribution is 2.07. The molecule has 1 heterocycles. The molecule has 0 unspecified atom stereocenters. The molecule has 4 nitrogen and oxygen atoms in total. The van der Waals surface area contributed by atoms with Gasteiger partial charge in [-0.1, -0.05) is 30.3 Å². The average Bonchev–Trinajstić information content (AvgIpc) is 2.62. The van der Waals surface area contributed by atoms with Gasteiger partial charge in [-0.25, -0.2) is 4.79 Å². The summed E-state index contributed by atoms with van der Waals surface area (Å²) in [5.74, 6) is 0.0876. The maximum Gasteiger partial charge on any atom is 0.418 e. The summed E-state index contributed by atoms with van der Waals surface area (Å²) in [6.45, 7) is 0.220. The van der Waals surface area contributed by atoms with Crippen LogP contribution in [0.2, 0.25) is 0 Å². The van der Waals surface area contributed by atoms with Gasteiger partial charge >= 0.3 is 6.09 Å². The zero-order valence-electron chi connectivity index (χ0n) is 9.69. The lowest BCUT2D eigenvalue weighted by molar-refractivity contribution is 0.121. The van der Waals surface area contributed by atoms with Gasteiger partial charge in [0.15, 0.2) is 0 Å². The molecule has 1 aliphatic rings. The van der Waals surface area contributed by atoms with Crippen molar-refractivity contribution in [1.29, 1.82) is 0 Å². The summed E-state index contributed by atoms with van der Waals surface area (Å²) in [6, 6.07) is 9.44. The molecule has 1 N–H and O–H groups in total. The van der Waals surface area contributed by atoms with Crippen molar-refractivity contribution in [2.75, 3.05) is 0 Å². The highest BCUT2D eigenvalue weighted by Gasteiger charge is 2.10. The van der Waals surface area contributed by atoms with Crippen molar-refractivity contribution in [2.24, 2.45) is 0 Å². The van der Waals surface area contributed by atoms with E-state index in [1.54, 1.807) is 6.08 Å². The number of nitrogens with zero attached hydrogens (tertiary/aromatic N) is 1. The Kier molecular flexibility index (Phi) is 3.81. The minimum atomic E-state index is -0.491. The van der Waals surface area contributed by atoms with Crippen molar-refractivity contribution in [3.05, 3.63) is 72.3 Å². The molecule has 2 rings (SSSR count). The van der Waals surface area contributed by atoms with Gasteiger partial charge in [-0.2, -0.15) is 0 Å². The first kappa shape index (κ1) is 12.0. The Labute approximate surface area is 105 Å². The number of aliphatic hydroxyl groups is 1. The van der Waals surface area contributed by atoms with E-state index < -0.39 is 6.09 Å². The smallest absolute Gasteiger partial charge is 0.418 e. The molecule has 0 saturated carbocycles. The Morgan fingerprint density at radius 3 is 2.78 bits per heavy atom. The molecule has 1 aromatic carbocycles. The summed E-state index contributed by atoms with van der Waals surface area (Å²) in [5, 5.41) is 9.24.